The van der Waals surface area contributed by atoms with Gasteiger partial charge in [0.05, 0.1) is 0 Å². The summed E-state index contributed by atoms with van der Waals surface area (Å²) in [6.45, 7) is 5.72. The summed E-state index contributed by atoms with van der Waals surface area (Å²) in [6, 6.07) is 0. The molecule has 0 radical (unpaired) electrons. The van der Waals surface area contributed by atoms with E-state index in [9.17, 15) is 0 Å². The van der Waals surface area contributed by atoms with Crippen LogP contribution in [0.25, 0.3) is 5.65 Å². The lowest BCUT2D eigenvalue weighted by molar-refractivity contribution is 0.529. The van der Waals surface area contributed by atoms with Crippen LogP contribution in [0.2, 0.25) is 0 Å². The van der Waals surface area contributed by atoms with Gasteiger partial charge in [-0.15, -0.1) is 10.2 Å². The molecule has 0 amide bonds. The van der Waals surface area contributed by atoms with Gasteiger partial charge >= 0.3 is 0 Å². The molecule has 1 atom stereocenters. The van der Waals surface area contributed by atoms with Crippen LogP contribution in [0.15, 0.2) is 12.4 Å². The molecule has 2 rings (SSSR count). The number of nitrogens with two attached hydrogens (primary N) is 1. The number of hydrogen-bond donors (Lipinski definition) is 2. The van der Waals surface area contributed by atoms with E-state index in [4.69, 9.17) is 5.73 Å². The molecule has 0 bridgehead atoms. The largest absolute Gasteiger partial charge is 0.367 e. The first kappa shape index (κ1) is 12.8. The zero-order valence-corrected chi connectivity index (χ0v) is 10.9. The van der Waals surface area contributed by atoms with Crippen LogP contribution in [-0.2, 0) is 0 Å². The highest BCUT2D eigenvalue weighted by Gasteiger charge is 2.07. The van der Waals surface area contributed by atoms with Crippen molar-refractivity contribution in [1.82, 2.24) is 19.6 Å². The molecule has 98 valence electrons. The maximum atomic E-state index is 5.59. The lowest BCUT2D eigenvalue weighted by Crippen LogP contribution is -2.13. The van der Waals surface area contributed by atoms with E-state index in [-0.39, 0.29) is 0 Å². The van der Waals surface area contributed by atoms with Gasteiger partial charge in [0.15, 0.2) is 5.82 Å². The maximum absolute atomic E-state index is 5.59. The fourth-order valence-electron chi connectivity index (χ4n) is 1.84. The predicted octanol–water partition coefficient (Wildman–Crippen LogP) is 1.22. The Labute approximate surface area is 107 Å². The molecule has 18 heavy (non-hydrogen) atoms. The molecule has 0 aliphatic carbocycles. The van der Waals surface area contributed by atoms with E-state index in [1.165, 1.54) is 0 Å². The molecule has 0 saturated carbocycles. The van der Waals surface area contributed by atoms with Crippen molar-refractivity contribution in [2.45, 2.75) is 26.7 Å². The summed E-state index contributed by atoms with van der Waals surface area (Å²) in [4.78, 5) is 4.30. The van der Waals surface area contributed by atoms with E-state index in [0.29, 0.717) is 5.92 Å². The third-order valence-corrected chi connectivity index (χ3v) is 3.07. The van der Waals surface area contributed by atoms with Gasteiger partial charge in [0.1, 0.15) is 5.82 Å². The van der Waals surface area contributed by atoms with Gasteiger partial charge in [0.25, 0.3) is 0 Å². The lowest BCUT2D eigenvalue weighted by atomic mass is 10.1. The van der Waals surface area contributed by atoms with Gasteiger partial charge in [-0.25, -0.2) is 4.98 Å². The molecule has 0 aliphatic heterocycles. The molecule has 0 aromatic carbocycles. The molecular weight excluding hydrogens is 228 g/mol. The van der Waals surface area contributed by atoms with E-state index >= 15 is 0 Å². The zero-order valence-electron chi connectivity index (χ0n) is 10.9. The van der Waals surface area contributed by atoms with Gasteiger partial charge < -0.3 is 11.1 Å². The molecule has 2 aromatic heterocycles. The van der Waals surface area contributed by atoms with Gasteiger partial charge in [-0.3, -0.25) is 4.40 Å². The van der Waals surface area contributed by atoms with E-state index in [1.807, 2.05) is 17.5 Å². The summed E-state index contributed by atoms with van der Waals surface area (Å²) in [5.74, 6) is 2.23. The smallest absolute Gasteiger partial charge is 0.203 e. The van der Waals surface area contributed by atoms with Crippen molar-refractivity contribution in [3.8, 4) is 0 Å². The van der Waals surface area contributed by atoms with Crippen molar-refractivity contribution in [3.63, 3.8) is 0 Å². The maximum Gasteiger partial charge on any atom is 0.203 e. The van der Waals surface area contributed by atoms with Gasteiger partial charge in [-0.05, 0) is 32.2 Å². The first-order valence-electron chi connectivity index (χ1n) is 6.32. The quantitative estimate of drug-likeness (QED) is 0.751. The average Bonchev–Trinajstić information content (AvgIpc) is 2.77. The van der Waals surface area contributed by atoms with E-state index in [2.05, 4.69) is 27.4 Å². The minimum absolute atomic E-state index is 0.575. The lowest BCUT2D eigenvalue weighted by Gasteiger charge is -2.09. The molecule has 6 nitrogen and oxygen atoms in total. The number of rotatable bonds is 6. The van der Waals surface area contributed by atoms with Gasteiger partial charge in [-0.1, -0.05) is 6.92 Å². The zero-order chi connectivity index (χ0) is 13.0. The summed E-state index contributed by atoms with van der Waals surface area (Å²) >= 11 is 0. The van der Waals surface area contributed by atoms with Crippen LogP contribution in [0.5, 0.6) is 0 Å². The van der Waals surface area contributed by atoms with Crippen LogP contribution in [0, 0.1) is 12.8 Å². The number of aryl methyl sites for hydroxylation is 1. The molecule has 0 fully saturated rings. The van der Waals surface area contributed by atoms with Crippen LogP contribution < -0.4 is 11.1 Å². The molecule has 3 N–H and O–H groups in total. The molecular formula is C12H20N6. The highest BCUT2D eigenvalue weighted by molar-refractivity contribution is 5.61. The normalized spacial score (nSPS) is 12.8. The summed E-state index contributed by atoms with van der Waals surface area (Å²) in [5, 5.41) is 11.5. The molecule has 6 heteroatoms. The Bertz CT molecular complexity index is 506. The van der Waals surface area contributed by atoms with Crippen molar-refractivity contribution < 1.29 is 0 Å². The van der Waals surface area contributed by atoms with Gasteiger partial charge in [0.2, 0.25) is 5.65 Å². The molecule has 0 saturated heterocycles. The second-order valence-electron chi connectivity index (χ2n) is 4.63. The summed E-state index contributed by atoms with van der Waals surface area (Å²) in [7, 11) is 0. The third-order valence-electron chi connectivity index (χ3n) is 3.07. The molecule has 2 heterocycles. The second-order valence-corrected chi connectivity index (χ2v) is 4.63. The Morgan fingerprint density at radius 3 is 3.06 bits per heavy atom. The van der Waals surface area contributed by atoms with Crippen molar-refractivity contribution in [3.05, 3.63) is 18.2 Å². The number of nitrogens with one attached hydrogen (secondary N) is 1. The van der Waals surface area contributed by atoms with Gasteiger partial charge in [-0.2, -0.15) is 0 Å². The van der Waals surface area contributed by atoms with Gasteiger partial charge in [0, 0.05) is 18.9 Å². The fourth-order valence-corrected chi connectivity index (χ4v) is 1.84. The number of nitrogens with zero attached hydrogens (tertiary/aromatic N) is 4. The van der Waals surface area contributed by atoms with Crippen molar-refractivity contribution in [2.75, 3.05) is 18.4 Å². The van der Waals surface area contributed by atoms with Crippen molar-refractivity contribution >= 4 is 11.5 Å². The van der Waals surface area contributed by atoms with Crippen LogP contribution >= 0.6 is 0 Å². The van der Waals surface area contributed by atoms with Crippen molar-refractivity contribution in [1.29, 1.82) is 0 Å². The topological polar surface area (TPSA) is 81.1 Å². The van der Waals surface area contributed by atoms with Crippen LogP contribution in [-0.4, -0.2) is 32.7 Å². The van der Waals surface area contributed by atoms with Crippen LogP contribution in [0.4, 0.5) is 5.82 Å². The summed E-state index contributed by atoms with van der Waals surface area (Å²) in [5.41, 5.74) is 6.37. The Kier molecular flexibility index (Phi) is 4.09. The summed E-state index contributed by atoms with van der Waals surface area (Å²) in [6.07, 6.45) is 5.83. The van der Waals surface area contributed by atoms with Crippen LogP contribution in [0.3, 0.4) is 0 Å². The molecule has 1 unspecified atom stereocenters. The minimum atomic E-state index is 0.575. The second kappa shape index (κ2) is 5.77. The Morgan fingerprint density at radius 2 is 2.28 bits per heavy atom. The third kappa shape index (κ3) is 2.76. The number of fused-ring (bicyclic) bond motifs is 1. The first-order valence-corrected chi connectivity index (χ1v) is 6.32. The Morgan fingerprint density at radius 1 is 1.44 bits per heavy atom. The number of anilines is 1. The highest BCUT2D eigenvalue weighted by Crippen LogP contribution is 2.12. The van der Waals surface area contributed by atoms with E-state index in [0.717, 1.165) is 43.2 Å². The predicted molar refractivity (Wildman–Crippen MR) is 71.5 cm³/mol. The molecule has 0 aliphatic rings. The van der Waals surface area contributed by atoms with E-state index < -0.39 is 0 Å². The SMILES string of the molecule is Cc1nnc2c(NCCCC(C)CN)nccn12. The molecule has 2 aromatic rings. The first-order chi connectivity index (χ1) is 8.72. The number of hydrogen-bond acceptors (Lipinski definition) is 5. The van der Waals surface area contributed by atoms with E-state index in [1.54, 1.807) is 6.20 Å². The Balaban J connectivity index is 1.95. The number of aromatic nitrogens is 4. The standard InChI is InChI=1S/C12H20N6/c1-9(8-13)4-3-5-14-11-12-17-16-10(2)18(12)7-6-15-11/h6-7,9H,3-5,8,13H2,1-2H3,(H,14,15). The Hall–Kier alpha value is -1.69. The summed E-state index contributed by atoms with van der Waals surface area (Å²) < 4.78 is 1.93. The minimum Gasteiger partial charge on any atom is -0.367 e. The van der Waals surface area contributed by atoms with Crippen LogP contribution in [0.1, 0.15) is 25.6 Å². The highest BCUT2D eigenvalue weighted by atomic mass is 15.3. The monoisotopic (exact) mass is 248 g/mol. The fraction of sp³-hybridized carbons (Fsp3) is 0.583. The average molecular weight is 248 g/mol. The van der Waals surface area contributed by atoms with Crippen molar-refractivity contribution in [2.24, 2.45) is 11.7 Å². The molecule has 0 spiro atoms.